The van der Waals surface area contributed by atoms with Crippen LogP contribution in [0.15, 0.2) is 279 Å². The molecule has 85 heavy (non-hydrogen) atoms. The maximum atomic E-state index is 2.57. The Morgan fingerprint density at radius 2 is 0.588 bits per heavy atom. The molecule has 1 heteroatoms. The Hall–Kier alpha value is -9.56. The lowest BCUT2D eigenvalue weighted by molar-refractivity contribution is 0.229. The molecular weight excluding hydrogens is 1020 g/mol. The van der Waals surface area contributed by atoms with Gasteiger partial charge in [-0.2, -0.15) is 0 Å². The maximum Gasteiger partial charge on any atom is 0.0726 e. The molecule has 16 rings (SSSR count). The zero-order valence-electron chi connectivity index (χ0n) is 49.3. The van der Waals surface area contributed by atoms with Crippen molar-refractivity contribution < 1.29 is 0 Å². The molecule has 4 aliphatic carbocycles. The number of hydrogen-bond donors (Lipinski definition) is 0. The smallest absolute Gasteiger partial charge is 0.0726 e. The largest absolute Gasteiger partial charge is 0.310 e. The summed E-state index contributed by atoms with van der Waals surface area (Å²) in [4.78, 5) is 2.46. The molecular formula is C84H67N. The summed E-state index contributed by atoms with van der Waals surface area (Å²) in [6, 6.07) is 106. The SMILES string of the molecule is CC(C)(C)CC(c1ccccc1-c1ccc2c(c1)C1(c3ccccc3-c3ccc(-c4ccc(N(c5ccc(-c6ccccc6)cc5)c5ccc6c(c5)C5(c7ccccc7-c7ccccc75)c5ccccc5-6)cc4)cc31)c1ccccc1-2)C(C)(C)C. The molecule has 0 heterocycles. The van der Waals surface area contributed by atoms with E-state index in [9.17, 15) is 0 Å². The summed E-state index contributed by atoms with van der Waals surface area (Å²) in [5, 5.41) is 0. The first-order valence-electron chi connectivity index (χ1n) is 30.5. The molecule has 2 atom stereocenters. The topological polar surface area (TPSA) is 3.24 Å². The van der Waals surface area contributed by atoms with Crippen molar-refractivity contribution in [2.24, 2.45) is 10.8 Å². The Morgan fingerprint density at radius 3 is 1.05 bits per heavy atom. The number of rotatable bonds is 8. The van der Waals surface area contributed by atoms with E-state index in [1.54, 1.807) is 0 Å². The Labute approximate surface area is 501 Å². The van der Waals surface area contributed by atoms with Crippen molar-refractivity contribution in [1.29, 1.82) is 0 Å². The van der Waals surface area contributed by atoms with Crippen LogP contribution in [0.25, 0.3) is 77.9 Å². The molecule has 0 bridgehead atoms. The number of anilines is 3. The van der Waals surface area contributed by atoms with Gasteiger partial charge < -0.3 is 4.90 Å². The van der Waals surface area contributed by atoms with Gasteiger partial charge in [0.15, 0.2) is 0 Å². The zero-order chi connectivity index (χ0) is 57.4. The van der Waals surface area contributed by atoms with E-state index in [0.29, 0.717) is 5.92 Å². The van der Waals surface area contributed by atoms with Crippen molar-refractivity contribution in [1.82, 2.24) is 0 Å². The highest BCUT2D eigenvalue weighted by Crippen LogP contribution is 2.65. The third-order valence-corrected chi connectivity index (χ3v) is 19.5. The first-order chi connectivity index (χ1) is 41.4. The van der Waals surface area contributed by atoms with Crippen LogP contribution in [-0.2, 0) is 10.8 Å². The minimum atomic E-state index is -0.513. The van der Waals surface area contributed by atoms with Gasteiger partial charge in [0.25, 0.3) is 0 Å². The van der Waals surface area contributed by atoms with Crippen molar-refractivity contribution in [3.63, 3.8) is 0 Å². The first kappa shape index (κ1) is 51.1. The van der Waals surface area contributed by atoms with Crippen molar-refractivity contribution in [3.05, 3.63) is 329 Å². The molecule has 408 valence electrons. The summed E-state index contributed by atoms with van der Waals surface area (Å²) in [5.41, 5.74) is 32.7. The molecule has 0 amide bonds. The number of benzene rings is 12. The Kier molecular flexibility index (Phi) is 11.4. The van der Waals surface area contributed by atoms with Gasteiger partial charge in [0.05, 0.1) is 10.8 Å². The van der Waals surface area contributed by atoms with Crippen LogP contribution in [0.1, 0.15) is 104 Å². The molecule has 0 saturated heterocycles. The molecule has 12 aromatic rings. The average Bonchev–Trinajstić information content (AvgIpc) is 1.55. The van der Waals surface area contributed by atoms with Gasteiger partial charge in [-0.3, -0.25) is 0 Å². The van der Waals surface area contributed by atoms with Gasteiger partial charge in [-0.25, -0.2) is 0 Å². The van der Waals surface area contributed by atoms with Gasteiger partial charge in [-0.05, 0) is 200 Å². The van der Waals surface area contributed by atoms with E-state index >= 15 is 0 Å². The first-order valence-corrected chi connectivity index (χ1v) is 30.5. The lowest BCUT2D eigenvalue weighted by Crippen LogP contribution is -2.26. The Balaban J connectivity index is 0.842. The second-order valence-corrected chi connectivity index (χ2v) is 26.5. The second-order valence-electron chi connectivity index (χ2n) is 26.5. The van der Waals surface area contributed by atoms with Crippen molar-refractivity contribution in [2.75, 3.05) is 4.90 Å². The lowest BCUT2D eigenvalue weighted by Gasteiger charge is -2.37. The predicted molar refractivity (Wildman–Crippen MR) is 356 cm³/mol. The van der Waals surface area contributed by atoms with Crippen LogP contribution >= 0.6 is 0 Å². The standard InChI is InChI=1S/C84H67N/c1-81(2,3)53-80(82(4,5)6)63-25-11-10-24-62(63)58-41-48-70-67-29-16-21-35-76(67)84(78(70)51-58)75-34-20-15-28-66(75)69-47-40-57(50-77(69)84)56-38-44-60(45-39-56)85(59-42-36-55(37-43-59)54-22-8-7-9-23-54)61-46-49-71-68-30-14-19-33-74(68)83(79(71)52-61)72-31-17-12-26-64(72)65-27-13-18-32-73(65)83/h7-52,80H,53H2,1-6H3. The molecule has 0 aromatic heterocycles. The van der Waals surface area contributed by atoms with E-state index in [-0.39, 0.29) is 10.8 Å². The van der Waals surface area contributed by atoms with Gasteiger partial charge >= 0.3 is 0 Å². The molecule has 1 nitrogen and oxygen atoms in total. The second kappa shape index (κ2) is 19.0. The zero-order valence-corrected chi connectivity index (χ0v) is 49.3. The van der Waals surface area contributed by atoms with E-state index in [4.69, 9.17) is 0 Å². The molecule has 0 saturated carbocycles. The van der Waals surface area contributed by atoms with Crippen LogP contribution in [0.4, 0.5) is 17.1 Å². The monoisotopic (exact) mass is 1090 g/mol. The fourth-order valence-electron chi connectivity index (χ4n) is 16.0. The van der Waals surface area contributed by atoms with Crippen LogP contribution in [0.2, 0.25) is 0 Å². The van der Waals surface area contributed by atoms with Gasteiger partial charge in [0.1, 0.15) is 0 Å². The number of nitrogens with zero attached hydrogens (tertiary/aromatic N) is 1. The average molecular weight is 1090 g/mol. The number of fused-ring (bicyclic) bond motifs is 20. The Morgan fingerprint density at radius 1 is 0.271 bits per heavy atom. The molecule has 0 radical (unpaired) electrons. The van der Waals surface area contributed by atoms with Crippen molar-refractivity contribution in [2.45, 2.75) is 64.7 Å². The summed E-state index contributed by atoms with van der Waals surface area (Å²) in [6.07, 6.45) is 1.10. The summed E-state index contributed by atoms with van der Waals surface area (Å²) in [6.45, 7) is 14.4. The summed E-state index contributed by atoms with van der Waals surface area (Å²) in [7, 11) is 0. The van der Waals surface area contributed by atoms with E-state index < -0.39 is 10.8 Å². The minimum absolute atomic E-state index is 0.0796. The van der Waals surface area contributed by atoms with Crippen LogP contribution in [0, 0.1) is 10.8 Å². The Bertz CT molecular complexity index is 4560. The minimum Gasteiger partial charge on any atom is -0.310 e. The molecule has 0 N–H and O–H groups in total. The fourth-order valence-corrected chi connectivity index (χ4v) is 16.0. The van der Waals surface area contributed by atoms with Gasteiger partial charge in [-0.15, -0.1) is 0 Å². The van der Waals surface area contributed by atoms with Crippen LogP contribution < -0.4 is 4.90 Å². The van der Waals surface area contributed by atoms with E-state index in [2.05, 4.69) is 325 Å². The maximum absolute atomic E-state index is 2.57. The van der Waals surface area contributed by atoms with Gasteiger partial charge in [0, 0.05) is 17.1 Å². The highest BCUT2D eigenvalue weighted by molar-refractivity contribution is 5.99. The lowest BCUT2D eigenvalue weighted by atomic mass is 9.67. The molecule has 0 fully saturated rings. The van der Waals surface area contributed by atoms with Crippen LogP contribution in [0.5, 0.6) is 0 Å². The fraction of sp³-hybridized carbons (Fsp3) is 0.143. The summed E-state index contributed by atoms with van der Waals surface area (Å²) in [5.74, 6) is 0.379. The van der Waals surface area contributed by atoms with Gasteiger partial charge in [0.2, 0.25) is 0 Å². The molecule has 2 spiro atoms. The quantitative estimate of drug-likeness (QED) is 0.147. The third kappa shape index (κ3) is 7.62. The number of hydrogen-bond acceptors (Lipinski definition) is 1. The van der Waals surface area contributed by atoms with E-state index in [1.807, 2.05) is 0 Å². The molecule has 4 aliphatic rings. The normalized spacial score (nSPS) is 15.6. The predicted octanol–water partition coefficient (Wildman–Crippen LogP) is 22.4. The van der Waals surface area contributed by atoms with Crippen molar-refractivity contribution in [3.8, 4) is 77.9 Å². The molecule has 2 unspecified atom stereocenters. The molecule has 12 aromatic carbocycles. The van der Waals surface area contributed by atoms with Gasteiger partial charge in [-0.1, -0.05) is 272 Å². The summed E-state index contributed by atoms with van der Waals surface area (Å²) >= 11 is 0. The molecule has 0 aliphatic heterocycles. The van der Waals surface area contributed by atoms with Crippen LogP contribution in [-0.4, -0.2) is 0 Å². The van der Waals surface area contributed by atoms with E-state index in [0.717, 1.165) is 23.5 Å². The van der Waals surface area contributed by atoms with Crippen LogP contribution in [0.3, 0.4) is 0 Å². The highest BCUT2D eigenvalue weighted by Gasteiger charge is 2.53. The van der Waals surface area contributed by atoms with E-state index in [1.165, 1.54) is 128 Å². The third-order valence-electron chi connectivity index (χ3n) is 19.5. The van der Waals surface area contributed by atoms with Crippen molar-refractivity contribution >= 4 is 17.1 Å². The highest BCUT2D eigenvalue weighted by atomic mass is 15.1. The summed E-state index contributed by atoms with van der Waals surface area (Å²) < 4.78 is 0.